The molecule has 2 fully saturated rings. The van der Waals surface area contributed by atoms with E-state index in [1.807, 2.05) is 6.92 Å². The van der Waals surface area contributed by atoms with Gasteiger partial charge in [-0.3, -0.25) is 4.18 Å². The lowest BCUT2D eigenvalue weighted by Gasteiger charge is -2.16. The summed E-state index contributed by atoms with van der Waals surface area (Å²) in [5.74, 6) is 0. The molecule has 2 aliphatic heterocycles. The lowest BCUT2D eigenvalue weighted by molar-refractivity contribution is -0.0133. The molecule has 1 aromatic carbocycles. The molecule has 2 saturated heterocycles. The van der Waals surface area contributed by atoms with Gasteiger partial charge < -0.3 is 14.2 Å². The van der Waals surface area contributed by atoms with Crippen LogP contribution in [0.4, 0.5) is 0 Å². The van der Waals surface area contributed by atoms with Crippen LogP contribution in [-0.4, -0.2) is 53.2 Å². The van der Waals surface area contributed by atoms with E-state index in [0.29, 0.717) is 6.61 Å². The Morgan fingerprint density at radius 3 is 2.24 bits per heavy atom. The third kappa shape index (κ3) is 2.84. The Balaban J connectivity index is 1.73. The smallest absolute Gasteiger partial charge is 0.297 e. The zero-order valence-electron chi connectivity index (χ0n) is 11.9. The molecule has 2 aliphatic rings. The van der Waals surface area contributed by atoms with Gasteiger partial charge in [0.15, 0.2) is 0 Å². The van der Waals surface area contributed by atoms with Gasteiger partial charge in [0.25, 0.3) is 10.1 Å². The molecule has 4 atom stereocenters. The molecule has 0 spiro atoms. The number of ether oxygens (including phenoxy) is 3. The Labute approximate surface area is 124 Å². The first-order valence-corrected chi connectivity index (χ1v) is 8.18. The van der Waals surface area contributed by atoms with Gasteiger partial charge in [-0.15, -0.1) is 0 Å². The zero-order valence-corrected chi connectivity index (χ0v) is 12.7. The van der Waals surface area contributed by atoms with Gasteiger partial charge in [-0.1, -0.05) is 17.7 Å². The fourth-order valence-corrected chi connectivity index (χ4v) is 3.71. The van der Waals surface area contributed by atoms with Gasteiger partial charge in [-0.05, 0) is 19.1 Å². The first-order chi connectivity index (χ1) is 10.0. The molecular formula is C14H18O6S. The van der Waals surface area contributed by atoms with Crippen molar-refractivity contribution < 1.29 is 26.8 Å². The third-order valence-electron chi connectivity index (χ3n) is 3.83. The van der Waals surface area contributed by atoms with E-state index in [1.165, 1.54) is 12.1 Å². The van der Waals surface area contributed by atoms with E-state index >= 15 is 0 Å². The van der Waals surface area contributed by atoms with Crippen molar-refractivity contribution >= 4 is 10.1 Å². The first-order valence-electron chi connectivity index (χ1n) is 6.77. The highest BCUT2D eigenvalue weighted by Crippen LogP contribution is 2.31. The summed E-state index contributed by atoms with van der Waals surface area (Å²) in [5.41, 5.74) is 0.986. The maximum Gasteiger partial charge on any atom is 0.297 e. The number of aryl methyl sites for hydroxylation is 1. The topological polar surface area (TPSA) is 71.1 Å². The van der Waals surface area contributed by atoms with Crippen LogP contribution in [0.3, 0.4) is 0 Å². The Kier molecular flexibility index (Phi) is 4.02. The van der Waals surface area contributed by atoms with E-state index < -0.39 is 22.3 Å². The molecule has 0 radical (unpaired) electrons. The molecule has 2 heterocycles. The van der Waals surface area contributed by atoms with Gasteiger partial charge in [0.2, 0.25) is 0 Å². The van der Waals surface area contributed by atoms with Crippen molar-refractivity contribution in [2.45, 2.75) is 36.2 Å². The highest BCUT2D eigenvalue weighted by atomic mass is 32.2. The minimum Gasteiger partial charge on any atom is -0.376 e. The summed E-state index contributed by atoms with van der Waals surface area (Å²) < 4.78 is 46.2. The van der Waals surface area contributed by atoms with Crippen molar-refractivity contribution in [2.75, 3.05) is 20.3 Å². The normalized spacial score (nSPS) is 32.3. The van der Waals surface area contributed by atoms with Crippen LogP contribution >= 0.6 is 0 Å². The molecule has 21 heavy (non-hydrogen) atoms. The fraction of sp³-hybridized carbons (Fsp3) is 0.571. The summed E-state index contributed by atoms with van der Waals surface area (Å²) in [5, 5.41) is 0. The molecule has 6 nitrogen and oxygen atoms in total. The lowest BCUT2D eigenvalue weighted by Crippen LogP contribution is -2.34. The van der Waals surface area contributed by atoms with Gasteiger partial charge in [-0.25, -0.2) is 0 Å². The van der Waals surface area contributed by atoms with Crippen LogP contribution in [0.25, 0.3) is 0 Å². The summed E-state index contributed by atoms with van der Waals surface area (Å²) in [4.78, 5) is 0.137. The lowest BCUT2D eigenvalue weighted by atomic mass is 10.1. The minimum atomic E-state index is -3.82. The van der Waals surface area contributed by atoms with E-state index in [1.54, 1.807) is 19.2 Å². The van der Waals surface area contributed by atoms with Crippen molar-refractivity contribution in [3.8, 4) is 0 Å². The second-order valence-corrected chi connectivity index (χ2v) is 6.84. The van der Waals surface area contributed by atoms with E-state index in [2.05, 4.69) is 0 Å². The Bertz CT molecular complexity index is 596. The van der Waals surface area contributed by atoms with Crippen LogP contribution in [0.2, 0.25) is 0 Å². The fourth-order valence-electron chi connectivity index (χ4n) is 2.64. The van der Waals surface area contributed by atoms with Crippen LogP contribution in [0.1, 0.15) is 5.56 Å². The van der Waals surface area contributed by atoms with E-state index in [-0.39, 0.29) is 23.7 Å². The van der Waals surface area contributed by atoms with Gasteiger partial charge in [0.1, 0.15) is 24.4 Å². The Morgan fingerprint density at radius 2 is 1.62 bits per heavy atom. The highest BCUT2D eigenvalue weighted by molar-refractivity contribution is 7.86. The Morgan fingerprint density at radius 1 is 1.05 bits per heavy atom. The molecule has 3 rings (SSSR count). The number of fused-ring (bicyclic) bond motifs is 1. The second kappa shape index (κ2) is 5.66. The molecule has 116 valence electrons. The van der Waals surface area contributed by atoms with E-state index in [9.17, 15) is 8.42 Å². The Hall–Kier alpha value is -0.990. The van der Waals surface area contributed by atoms with Crippen molar-refractivity contribution in [3.05, 3.63) is 29.8 Å². The van der Waals surface area contributed by atoms with E-state index in [0.717, 1.165) is 5.56 Å². The monoisotopic (exact) mass is 314 g/mol. The van der Waals surface area contributed by atoms with Crippen LogP contribution in [-0.2, 0) is 28.5 Å². The maximum absolute atomic E-state index is 12.3. The molecule has 1 aromatic rings. The molecule has 0 saturated carbocycles. The average molecular weight is 314 g/mol. The van der Waals surface area contributed by atoms with Crippen LogP contribution in [0.5, 0.6) is 0 Å². The van der Waals surface area contributed by atoms with Crippen molar-refractivity contribution in [1.82, 2.24) is 0 Å². The van der Waals surface area contributed by atoms with Gasteiger partial charge in [-0.2, -0.15) is 8.42 Å². The average Bonchev–Trinajstić information content (AvgIpc) is 3.02. The predicted octanol–water partition coefficient (Wildman–Crippen LogP) is 0.882. The number of benzene rings is 1. The molecule has 0 N–H and O–H groups in total. The molecule has 7 heteroatoms. The predicted molar refractivity (Wildman–Crippen MR) is 73.5 cm³/mol. The summed E-state index contributed by atoms with van der Waals surface area (Å²) in [6, 6.07) is 6.53. The summed E-state index contributed by atoms with van der Waals surface area (Å²) in [6.45, 7) is 2.46. The van der Waals surface area contributed by atoms with Crippen LogP contribution < -0.4 is 0 Å². The van der Waals surface area contributed by atoms with Crippen LogP contribution in [0.15, 0.2) is 29.2 Å². The van der Waals surface area contributed by atoms with Crippen molar-refractivity contribution in [3.63, 3.8) is 0 Å². The SMILES string of the molecule is CO[C@@H]1CO[C@H]2[C@@H]1OC[C@H]2OS(=O)(=O)c1ccc(C)cc1. The maximum atomic E-state index is 12.3. The first kappa shape index (κ1) is 14.9. The second-order valence-electron chi connectivity index (χ2n) is 5.27. The quantitative estimate of drug-likeness (QED) is 0.768. The van der Waals surface area contributed by atoms with Crippen molar-refractivity contribution in [2.24, 2.45) is 0 Å². The summed E-state index contributed by atoms with van der Waals surface area (Å²) in [7, 11) is -2.24. The van der Waals surface area contributed by atoms with E-state index in [4.69, 9.17) is 18.4 Å². The number of hydrogen-bond donors (Lipinski definition) is 0. The number of rotatable bonds is 4. The minimum absolute atomic E-state index is 0.137. The van der Waals surface area contributed by atoms with Crippen LogP contribution in [0, 0.1) is 6.92 Å². The molecule has 0 bridgehead atoms. The number of hydrogen-bond acceptors (Lipinski definition) is 6. The van der Waals surface area contributed by atoms with Gasteiger partial charge in [0.05, 0.1) is 18.1 Å². The molecule has 0 amide bonds. The summed E-state index contributed by atoms with van der Waals surface area (Å²) >= 11 is 0. The number of methoxy groups -OCH3 is 1. The van der Waals surface area contributed by atoms with Gasteiger partial charge >= 0.3 is 0 Å². The molecule has 0 aromatic heterocycles. The molecule has 0 unspecified atom stereocenters. The summed E-state index contributed by atoms with van der Waals surface area (Å²) in [6.07, 6.45) is -1.49. The van der Waals surface area contributed by atoms with Gasteiger partial charge in [0, 0.05) is 7.11 Å². The zero-order chi connectivity index (χ0) is 15.0. The van der Waals surface area contributed by atoms with Crippen molar-refractivity contribution in [1.29, 1.82) is 0 Å². The standard InChI is InChI=1S/C14H18O6S/c1-9-3-5-10(6-4-9)21(15,16)20-12-8-19-13-11(17-2)7-18-14(12)13/h3-6,11-14H,7-8H2,1-2H3/t11-,12-,13-,14-/m1/s1. The molecule has 0 aliphatic carbocycles. The molecular weight excluding hydrogens is 296 g/mol. The third-order valence-corrected chi connectivity index (χ3v) is 5.18. The largest absolute Gasteiger partial charge is 0.376 e. The highest BCUT2D eigenvalue weighted by Gasteiger charge is 2.50.